The van der Waals surface area contributed by atoms with Crippen molar-refractivity contribution in [1.82, 2.24) is 19.4 Å². The highest BCUT2D eigenvalue weighted by atomic mass is 16.7. The molecule has 12 heteroatoms. The summed E-state index contributed by atoms with van der Waals surface area (Å²) in [4.78, 5) is 48.9. The number of ether oxygens (including phenoxy) is 2. The average Bonchev–Trinajstić information content (AvgIpc) is 3.22. The van der Waals surface area contributed by atoms with Gasteiger partial charge in [-0.25, -0.2) is 4.79 Å². The summed E-state index contributed by atoms with van der Waals surface area (Å²) in [7, 11) is 0. The summed E-state index contributed by atoms with van der Waals surface area (Å²) in [5, 5.41) is 19.3. The summed E-state index contributed by atoms with van der Waals surface area (Å²) in [6.45, 7) is 16.0. The van der Waals surface area contributed by atoms with Crippen molar-refractivity contribution >= 4 is 17.9 Å². The highest BCUT2D eigenvalue weighted by Gasteiger charge is 2.24. The second-order valence-corrected chi connectivity index (χ2v) is 12.8. The van der Waals surface area contributed by atoms with Gasteiger partial charge in [0.2, 0.25) is 11.8 Å². The van der Waals surface area contributed by atoms with E-state index in [1.807, 2.05) is 65.8 Å². The number of carbonyl (C=O) groups is 3. The lowest BCUT2D eigenvalue weighted by molar-refractivity contribution is -0.158. The molecule has 3 rings (SSSR count). The lowest BCUT2D eigenvalue weighted by Crippen LogP contribution is -2.42. The first-order valence-electron chi connectivity index (χ1n) is 14.6. The summed E-state index contributed by atoms with van der Waals surface area (Å²) < 4.78 is 11.8. The summed E-state index contributed by atoms with van der Waals surface area (Å²) in [6.07, 6.45) is -0.0414. The van der Waals surface area contributed by atoms with E-state index in [9.17, 15) is 24.6 Å². The van der Waals surface area contributed by atoms with Gasteiger partial charge >= 0.3 is 17.9 Å². The van der Waals surface area contributed by atoms with Crippen molar-refractivity contribution in [2.24, 2.45) is 0 Å². The van der Waals surface area contributed by atoms with E-state index in [0.717, 1.165) is 11.1 Å². The minimum absolute atomic E-state index is 0.0414. The monoisotopic (exact) mass is 602 g/mol. The van der Waals surface area contributed by atoms with E-state index in [4.69, 9.17) is 14.3 Å². The zero-order chi connectivity index (χ0) is 31.8. The van der Waals surface area contributed by atoms with E-state index >= 15 is 0 Å². The molecule has 0 bridgehead atoms. The Balaban J connectivity index is 1.64. The van der Waals surface area contributed by atoms with Crippen LogP contribution in [0.5, 0.6) is 11.8 Å². The molecular formula is C31H46N4O8. The molecule has 238 valence electrons. The highest BCUT2D eigenvalue weighted by Crippen LogP contribution is 2.19. The number of carbonyl (C=O) groups excluding carboxylic acids is 3. The van der Waals surface area contributed by atoms with Crippen LogP contribution in [0.3, 0.4) is 0 Å². The number of esters is 2. The molecule has 1 fully saturated rings. The van der Waals surface area contributed by atoms with Crippen LogP contribution in [0.4, 0.5) is 0 Å². The molecule has 1 aliphatic heterocycles. The summed E-state index contributed by atoms with van der Waals surface area (Å²) in [5.41, 5.74) is 0.617. The molecule has 2 heterocycles. The van der Waals surface area contributed by atoms with Gasteiger partial charge in [-0.1, -0.05) is 24.3 Å². The first-order valence-corrected chi connectivity index (χ1v) is 14.6. The number of hydrogen-bond donors (Lipinski definition) is 2. The lowest BCUT2D eigenvalue weighted by atomic mass is 10.1. The van der Waals surface area contributed by atoms with Crippen molar-refractivity contribution in [1.29, 1.82) is 0 Å². The third-order valence-electron chi connectivity index (χ3n) is 6.51. The summed E-state index contributed by atoms with van der Waals surface area (Å²) in [6, 6.07) is 10.0. The Hall–Kier alpha value is -3.61. The van der Waals surface area contributed by atoms with Gasteiger partial charge in [-0.15, -0.1) is 4.73 Å². The predicted octanol–water partition coefficient (Wildman–Crippen LogP) is 2.20. The van der Waals surface area contributed by atoms with Crippen LogP contribution in [0.15, 0.2) is 36.4 Å². The Labute approximate surface area is 253 Å². The van der Waals surface area contributed by atoms with Crippen LogP contribution in [-0.2, 0) is 36.8 Å². The molecule has 1 aromatic heterocycles. The maximum atomic E-state index is 12.6. The van der Waals surface area contributed by atoms with Crippen molar-refractivity contribution < 1.29 is 38.9 Å². The molecule has 0 atom stereocenters. The Morgan fingerprint density at radius 3 is 1.44 bits per heavy atom. The summed E-state index contributed by atoms with van der Waals surface area (Å²) in [5.74, 6) is -1.95. The molecule has 43 heavy (non-hydrogen) atoms. The molecule has 0 spiro atoms. The third kappa shape index (κ3) is 12.3. The van der Waals surface area contributed by atoms with Gasteiger partial charge in [-0.3, -0.25) is 24.3 Å². The van der Waals surface area contributed by atoms with Crippen LogP contribution in [0.2, 0.25) is 0 Å². The lowest BCUT2D eigenvalue weighted by Gasteiger charge is -2.27. The molecule has 0 radical (unpaired) electrons. The maximum Gasteiger partial charge on any atom is 0.337 e. The first kappa shape index (κ1) is 33.9. The molecule has 0 aliphatic carbocycles. The van der Waals surface area contributed by atoms with Gasteiger partial charge in [0.05, 0.1) is 19.5 Å². The van der Waals surface area contributed by atoms with E-state index < -0.39 is 17.2 Å². The number of hydrogen-bond acceptors (Lipinski definition) is 11. The van der Waals surface area contributed by atoms with Gasteiger partial charge in [-0.05, 0) is 52.7 Å². The topological polar surface area (TPSA) is 134 Å². The molecule has 0 amide bonds. The standard InChI is InChI=1S/C31H46N4O8/c1-30(2,3)41-28(39)21-33-15-13-32(14-16-34(18-17-33)22-29(40)42-31(4,5)6)20-24-9-7-23(8-10-24)19-27(38)43-35-25(36)11-12-26(35)37/h7-12,36-37H,13-22H2,1-6H3. The van der Waals surface area contributed by atoms with E-state index in [0.29, 0.717) is 50.5 Å². The molecule has 1 aliphatic rings. The Bertz CT molecular complexity index is 1170. The third-order valence-corrected chi connectivity index (χ3v) is 6.51. The van der Waals surface area contributed by atoms with Gasteiger partial charge in [0.25, 0.3) is 0 Å². The molecule has 12 nitrogen and oxygen atoms in total. The fourth-order valence-electron chi connectivity index (χ4n) is 4.59. The van der Waals surface area contributed by atoms with Crippen LogP contribution in [0, 0.1) is 0 Å². The Morgan fingerprint density at radius 1 is 0.628 bits per heavy atom. The molecule has 0 unspecified atom stereocenters. The van der Waals surface area contributed by atoms with E-state index in [1.165, 1.54) is 12.1 Å². The fraction of sp³-hybridized carbons (Fsp3) is 0.581. The molecule has 1 aromatic carbocycles. The van der Waals surface area contributed by atoms with Crippen LogP contribution in [0.25, 0.3) is 0 Å². The van der Waals surface area contributed by atoms with E-state index in [1.54, 1.807) is 0 Å². The van der Waals surface area contributed by atoms with E-state index in [2.05, 4.69) is 14.7 Å². The van der Waals surface area contributed by atoms with Crippen molar-refractivity contribution in [2.45, 2.75) is 65.7 Å². The van der Waals surface area contributed by atoms with Gasteiger partial charge in [-0.2, -0.15) is 0 Å². The Kier molecular flexibility index (Phi) is 11.6. The minimum Gasteiger partial charge on any atom is -0.492 e. The van der Waals surface area contributed by atoms with Crippen LogP contribution in [0.1, 0.15) is 52.7 Å². The Morgan fingerprint density at radius 2 is 1.02 bits per heavy atom. The quantitative estimate of drug-likeness (QED) is 0.409. The number of aromatic nitrogens is 1. The number of rotatable bonds is 9. The maximum absolute atomic E-state index is 12.6. The fourth-order valence-corrected chi connectivity index (χ4v) is 4.59. The number of benzene rings is 1. The molecular weight excluding hydrogens is 556 g/mol. The normalized spacial score (nSPS) is 16.1. The molecule has 2 aromatic rings. The summed E-state index contributed by atoms with van der Waals surface area (Å²) >= 11 is 0. The molecule has 0 saturated carbocycles. The average molecular weight is 603 g/mol. The predicted molar refractivity (Wildman–Crippen MR) is 159 cm³/mol. The SMILES string of the molecule is CC(C)(C)OC(=O)CN1CCN(CC(=O)OC(C)(C)C)CCN(Cc2ccc(CC(=O)On3c(O)ccc3O)cc2)CC1. The van der Waals surface area contributed by atoms with Crippen LogP contribution >= 0.6 is 0 Å². The van der Waals surface area contributed by atoms with Crippen molar-refractivity contribution in [2.75, 3.05) is 52.4 Å². The van der Waals surface area contributed by atoms with Gasteiger partial charge in [0.1, 0.15) is 11.2 Å². The van der Waals surface area contributed by atoms with Crippen molar-refractivity contribution in [3.8, 4) is 11.8 Å². The zero-order valence-electron chi connectivity index (χ0n) is 26.2. The number of aromatic hydroxyl groups is 2. The largest absolute Gasteiger partial charge is 0.492 e. The van der Waals surface area contributed by atoms with Crippen LogP contribution < -0.4 is 4.84 Å². The van der Waals surface area contributed by atoms with Crippen molar-refractivity contribution in [3.63, 3.8) is 0 Å². The van der Waals surface area contributed by atoms with Crippen molar-refractivity contribution in [3.05, 3.63) is 47.5 Å². The second-order valence-electron chi connectivity index (χ2n) is 12.8. The molecule has 2 N–H and O–H groups in total. The molecule has 1 saturated heterocycles. The van der Waals surface area contributed by atoms with E-state index in [-0.39, 0.29) is 43.2 Å². The van der Waals surface area contributed by atoms with Crippen LogP contribution in [-0.4, -0.2) is 111 Å². The second kappa shape index (κ2) is 14.7. The zero-order valence-corrected chi connectivity index (χ0v) is 26.2. The first-order chi connectivity index (χ1) is 20.1. The van der Waals surface area contributed by atoms with Gasteiger partial charge < -0.3 is 24.5 Å². The number of nitrogens with zero attached hydrogens (tertiary/aromatic N) is 4. The van der Waals surface area contributed by atoms with Gasteiger partial charge in [0.15, 0.2) is 0 Å². The highest BCUT2D eigenvalue weighted by molar-refractivity contribution is 5.73. The smallest absolute Gasteiger partial charge is 0.337 e. The van der Waals surface area contributed by atoms with Gasteiger partial charge in [0, 0.05) is 57.9 Å². The minimum atomic E-state index is -0.635.